The molecule has 0 aliphatic heterocycles. The Balaban J connectivity index is 1.76. The van der Waals surface area contributed by atoms with Gasteiger partial charge in [-0.1, -0.05) is 6.07 Å². The highest BCUT2D eigenvalue weighted by Gasteiger charge is 2.06. The fraction of sp³-hybridized carbons (Fsp3) is 0.111. The molecule has 0 bridgehead atoms. The van der Waals surface area contributed by atoms with Crippen LogP contribution in [0.4, 0.5) is 4.39 Å². The standard InChI is InChI=1S/C18H15FN2O2/c1-11-8-14-9-12(2-7-16(14)21-17(11)22)10-20-18(23)13-3-5-15(19)6-4-13/h2-9H,10H2,1H3,(H,20,23)(H,21,22). The molecule has 0 unspecified atom stereocenters. The molecule has 2 N–H and O–H groups in total. The van der Waals surface area contributed by atoms with E-state index in [4.69, 9.17) is 0 Å². The van der Waals surface area contributed by atoms with Crippen LogP contribution in [0.1, 0.15) is 21.5 Å². The fourth-order valence-corrected chi connectivity index (χ4v) is 2.36. The van der Waals surface area contributed by atoms with Gasteiger partial charge in [-0.2, -0.15) is 0 Å². The molecule has 0 saturated heterocycles. The molecule has 2 aromatic carbocycles. The number of carbonyl (C=O) groups excluding carboxylic acids is 1. The van der Waals surface area contributed by atoms with E-state index in [9.17, 15) is 14.0 Å². The Morgan fingerprint density at radius 1 is 1.13 bits per heavy atom. The van der Waals surface area contributed by atoms with Crippen molar-refractivity contribution < 1.29 is 9.18 Å². The number of hydrogen-bond acceptors (Lipinski definition) is 2. The third-order valence-corrected chi connectivity index (χ3v) is 3.65. The maximum atomic E-state index is 12.9. The molecule has 3 rings (SSSR count). The van der Waals surface area contributed by atoms with Crippen molar-refractivity contribution in [2.75, 3.05) is 0 Å². The molecule has 23 heavy (non-hydrogen) atoms. The van der Waals surface area contributed by atoms with Crippen molar-refractivity contribution in [2.24, 2.45) is 0 Å². The molecule has 0 atom stereocenters. The van der Waals surface area contributed by atoms with E-state index in [2.05, 4.69) is 10.3 Å². The molecule has 1 amide bonds. The number of carbonyl (C=O) groups is 1. The zero-order valence-electron chi connectivity index (χ0n) is 12.5. The lowest BCUT2D eigenvalue weighted by atomic mass is 10.1. The first-order valence-corrected chi connectivity index (χ1v) is 7.19. The van der Waals surface area contributed by atoms with Crippen molar-refractivity contribution >= 4 is 16.8 Å². The summed E-state index contributed by atoms with van der Waals surface area (Å²) in [6.45, 7) is 2.10. The average molecular weight is 310 g/mol. The van der Waals surface area contributed by atoms with E-state index in [1.54, 1.807) is 6.92 Å². The van der Waals surface area contributed by atoms with E-state index in [-0.39, 0.29) is 17.3 Å². The highest BCUT2D eigenvalue weighted by molar-refractivity contribution is 5.94. The van der Waals surface area contributed by atoms with Crippen molar-refractivity contribution in [3.05, 3.63) is 81.4 Å². The molecule has 5 heteroatoms. The largest absolute Gasteiger partial charge is 0.348 e. The van der Waals surface area contributed by atoms with Crippen LogP contribution in [0.25, 0.3) is 10.9 Å². The van der Waals surface area contributed by atoms with Gasteiger partial charge in [0.05, 0.1) is 0 Å². The van der Waals surface area contributed by atoms with Gasteiger partial charge in [-0.25, -0.2) is 4.39 Å². The molecule has 0 spiro atoms. The van der Waals surface area contributed by atoms with Crippen LogP contribution in [0.2, 0.25) is 0 Å². The Morgan fingerprint density at radius 3 is 2.61 bits per heavy atom. The number of H-pyrrole nitrogens is 1. The van der Waals surface area contributed by atoms with Crippen molar-refractivity contribution in [3.63, 3.8) is 0 Å². The Labute approximate surface area is 132 Å². The molecule has 0 fully saturated rings. The van der Waals surface area contributed by atoms with Gasteiger partial charge in [-0.15, -0.1) is 0 Å². The first-order chi connectivity index (χ1) is 11.0. The van der Waals surface area contributed by atoms with Gasteiger partial charge in [0, 0.05) is 23.2 Å². The van der Waals surface area contributed by atoms with Gasteiger partial charge in [0.25, 0.3) is 11.5 Å². The number of amides is 1. The summed E-state index contributed by atoms with van der Waals surface area (Å²) < 4.78 is 12.9. The third kappa shape index (κ3) is 3.29. The number of halogens is 1. The SMILES string of the molecule is Cc1cc2cc(CNC(=O)c3ccc(F)cc3)ccc2[nH]c1=O. The first kappa shape index (κ1) is 15.0. The summed E-state index contributed by atoms with van der Waals surface area (Å²) >= 11 is 0. The monoisotopic (exact) mass is 310 g/mol. The average Bonchev–Trinajstić information content (AvgIpc) is 2.54. The van der Waals surface area contributed by atoms with E-state index in [1.165, 1.54) is 24.3 Å². The van der Waals surface area contributed by atoms with Gasteiger partial charge in [-0.05, 0) is 60.3 Å². The van der Waals surface area contributed by atoms with E-state index in [0.29, 0.717) is 17.7 Å². The van der Waals surface area contributed by atoms with Gasteiger partial charge in [-0.3, -0.25) is 9.59 Å². The highest BCUT2D eigenvalue weighted by atomic mass is 19.1. The van der Waals surface area contributed by atoms with E-state index >= 15 is 0 Å². The Hall–Kier alpha value is -2.95. The Morgan fingerprint density at radius 2 is 1.87 bits per heavy atom. The lowest BCUT2D eigenvalue weighted by molar-refractivity contribution is 0.0951. The van der Waals surface area contributed by atoms with Crippen molar-refractivity contribution in [2.45, 2.75) is 13.5 Å². The molecule has 0 saturated carbocycles. The second-order valence-corrected chi connectivity index (χ2v) is 5.39. The fourth-order valence-electron chi connectivity index (χ4n) is 2.36. The summed E-state index contributed by atoms with van der Waals surface area (Å²) in [6.07, 6.45) is 0. The number of benzene rings is 2. The molecular formula is C18H15FN2O2. The number of nitrogens with one attached hydrogen (secondary N) is 2. The van der Waals surface area contributed by atoms with Gasteiger partial charge in [0.15, 0.2) is 0 Å². The highest BCUT2D eigenvalue weighted by Crippen LogP contribution is 2.13. The number of hydrogen-bond donors (Lipinski definition) is 2. The third-order valence-electron chi connectivity index (χ3n) is 3.65. The first-order valence-electron chi connectivity index (χ1n) is 7.19. The van der Waals surface area contributed by atoms with Crippen molar-refractivity contribution in [1.29, 1.82) is 0 Å². The van der Waals surface area contributed by atoms with E-state index in [0.717, 1.165) is 16.5 Å². The number of aromatic amines is 1. The molecule has 1 heterocycles. The smallest absolute Gasteiger partial charge is 0.251 e. The maximum Gasteiger partial charge on any atom is 0.251 e. The van der Waals surface area contributed by atoms with Crippen LogP contribution in [0.15, 0.2) is 53.3 Å². The topological polar surface area (TPSA) is 62.0 Å². The molecule has 1 aromatic heterocycles. The summed E-state index contributed by atoms with van der Waals surface area (Å²) in [6, 6.07) is 12.8. The zero-order valence-corrected chi connectivity index (χ0v) is 12.5. The molecule has 3 aromatic rings. The Kier molecular flexibility index (Phi) is 3.93. The van der Waals surface area contributed by atoms with Crippen LogP contribution in [-0.4, -0.2) is 10.9 Å². The predicted octanol–water partition coefficient (Wildman–Crippen LogP) is 2.91. The summed E-state index contributed by atoms with van der Waals surface area (Å²) in [4.78, 5) is 26.4. The summed E-state index contributed by atoms with van der Waals surface area (Å²) in [5.41, 5.74) is 2.63. The maximum absolute atomic E-state index is 12.9. The molecule has 116 valence electrons. The number of pyridine rings is 1. The van der Waals surface area contributed by atoms with E-state index < -0.39 is 0 Å². The molecule has 0 aliphatic carbocycles. The molecule has 0 radical (unpaired) electrons. The van der Waals surface area contributed by atoms with E-state index in [1.807, 2.05) is 24.3 Å². The number of aryl methyl sites for hydroxylation is 1. The lowest BCUT2D eigenvalue weighted by Gasteiger charge is -2.07. The van der Waals surface area contributed by atoms with Gasteiger partial charge in [0.1, 0.15) is 5.82 Å². The van der Waals surface area contributed by atoms with Crippen LogP contribution in [-0.2, 0) is 6.54 Å². The minimum absolute atomic E-state index is 0.102. The Bertz CT molecular complexity index is 930. The predicted molar refractivity (Wildman–Crippen MR) is 86.9 cm³/mol. The van der Waals surface area contributed by atoms with Gasteiger partial charge < -0.3 is 10.3 Å². The summed E-state index contributed by atoms with van der Waals surface area (Å²) in [5.74, 6) is -0.636. The van der Waals surface area contributed by atoms with Gasteiger partial charge >= 0.3 is 0 Å². The molecule has 0 aliphatic rings. The van der Waals surface area contributed by atoms with Crippen LogP contribution < -0.4 is 10.9 Å². The zero-order chi connectivity index (χ0) is 16.4. The normalized spacial score (nSPS) is 10.7. The van der Waals surface area contributed by atoms with Crippen molar-refractivity contribution in [1.82, 2.24) is 10.3 Å². The quantitative estimate of drug-likeness (QED) is 0.781. The lowest BCUT2D eigenvalue weighted by Crippen LogP contribution is -2.22. The number of rotatable bonds is 3. The summed E-state index contributed by atoms with van der Waals surface area (Å²) in [7, 11) is 0. The number of fused-ring (bicyclic) bond motifs is 1. The minimum Gasteiger partial charge on any atom is -0.348 e. The minimum atomic E-state index is -0.375. The van der Waals surface area contributed by atoms with Gasteiger partial charge in [0.2, 0.25) is 0 Å². The van der Waals surface area contributed by atoms with Crippen LogP contribution in [0, 0.1) is 12.7 Å². The van der Waals surface area contributed by atoms with Crippen molar-refractivity contribution in [3.8, 4) is 0 Å². The van der Waals surface area contributed by atoms with Crippen LogP contribution >= 0.6 is 0 Å². The van der Waals surface area contributed by atoms with Crippen LogP contribution in [0.5, 0.6) is 0 Å². The molecule has 4 nitrogen and oxygen atoms in total. The van der Waals surface area contributed by atoms with Crippen LogP contribution in [0.3, 0.4) is 0 Å². The molecular weight excluding hydrogens is 295 g/mol. The number of aromatic nitrogens is 1. The summed E-state index contributed by atoms with van der Waals surface area (Å²) in [5, 5.41) is 3.70. The second-order valence-electron chi connectivity index (χ2n) is 5.39. The second kappa shape index (κ2) is 6.04.